The molecule has 2 heterocycles. The third-order valence-electron chi connectivity index (χ3n) is 4.22. The molecule has 0 aliphatic carbocycles. The molecule has 2 rings (SSSR count). The number of carbonyl (C=O) groups is 2. The van der Waals surface area contributed by atoms with Crippen LogP contribution in [0.15, 0.2) is 24.4 Å². The predicted octanol–water partition coefficient (Wildman–Crippen LogP) is 1.76. The van der Waals surface area contributed by atoms with Crippen LogP contribution in [-0.2, 0) is 14.3 Å². The molecule has 0 saturated carbocycles. The number of carbonyl (C=O) groups excluding carboxylic acids is 2. The van der Waals surface area contributed by atoms with Gasteiger partial charge in [0.15, 0.2) is 6.61 Å². The molecule has 1 aromatic heterocycles. The number of nitrogens with one attached hydrogen (secondary N) is 1. The Bertz CT molecular complexity index is 499. The first kappa shape index (κ1) is 17.2. The molecule has 1 N–H and O–H groups in total. The first-order valence-electron chi connectivity index (χ1n) is 8.21. The summed E-state index contributed by atoms with van der Waals surface area (Å²) in [6.45, 7) is 1.85. The summed E-state index contributed by atoms with van der Waals surface area (Å²) in [7, 11) is 1.52. The van der Waals surface area contributed by atoms with Crippen LogP contribution in [0.3, 0.4) is 0 Å². The number of pyridine rings is 1. The van der Waals surface area contributed by atoms with Crippen LogP contribution in [0, 0.1) is 5.92 Å². The summed E-state index contributed by atoms with van der Waals surface area (Å²) in [5, 5.41) is 2.42. The average Bonchev–Trinajstić information content (AvgIpc) is 2.61. The highest BCUT2D eigenvalue weighted by atomic mass is 16.5. The number of rotatable bonds is 7. The van der Waals surface area contributed by atoms with Gasteiger partial charge in [0.2, 0.25) is 0 Å². The van der Waals surface area contributed by atoms with E-state index in [1.54, 1.807) is 0 Å². The van der Waals surface area contributed by atoms with Crippen LogP contribution in [-0.4, -0.2) is 43.6 Å². The Labute approximate surface area is 137 Å². The number of nitrogens with zero attached hydrogens (tertiary/aromatic N) is 2. The number of amides is 1. The van der Waals surface area contributed by atoms with Gasteiger partial charge in [-0.25, -0.2) is 4.98 Å². The van der Waals surface area contributed by atoms with E-state index in [0.29, 0.717) is 12.3 Å². The van der Waals surface area contributed by atoms with E-state index in [0.717, 1.165) is 44.6 Å². The highest BCUT2D eigenvalue weighted by Gasteiger charge is 2.20. The second-order valence-corrected chi connectivity index (χ2v) is 5.84. The van der Waals surface area contributed by atoms with Gasteiger partial charge >= 0.3 is 5.97 Å². The summed E-state index contributed by atoms with van der Waals surface area (Å²) in [5.41, 5.74) is 0. The second-order valence-electron chi connectivity index (χ2n) is 5.84. The molecule has 0 radical (unpaired) electrons. The molecule has 1 aliphatic heterocycles. The van der Waals surface area contributed by atoms with E-state index >= 15 is 0 Å². The summed E-state index contributed by atoms with van der Waals surface area (Å²) < 4.78 is 4.89. The Morgan fingerprint density at radius 3 is 2.78 bits per heavy atom. The summed E-state index contributed by atoms with van der Waals surface area (Å²) >= 11 is 0. The topological polar surface area (TPSA) is 71.5 Å². The molecule has 0 aromatic carbocycles. The van der Waals surface area contributed by atoms with Crippen molar-refractivity contribution in [2.75, 3.05) is 31.6 Å². The van der Waals surface area contributed by atoms with E-state index < -0.39 is 0 Å². The van der Waals surface area contributed by atoms with Crippen LogP contribution >= 0.6 is 0 Å². The SMILES string of the molecule is CNC(=O)COC(=O)CCCC1CCN(c2ccccn2)CC1. The molecule has 1 amide bonds. The molecule has 126 valence electrons. The van der Waals surface area contributed by atoms with Gasteiger partial charge in [-0.1, -0.05) is 6.07 Å². The van der Waals surface area contributed by atoms with Crippen LogP contribution in [0.1, 0.15) is 32.1 Å². The zero-order chi connectivity index (χ0) is 16.5. The molecular weight excluding hydrogens is 294 g/mol. The van der Waals surface area contributed by atoms with Crippen LogP contribution < -0.4 is 10.2 Å². The number of hydrogen-bond acceptors (Lipinski definition) is 5. The van der Waals surface area contributed by atoms with E-state index in [9.17, 15) is 9.59 Å². The summed E-state index contributed by atoms with van der Waals surface area (Å²) in [5.74, 6) is 1.13. The average molecular weight is 319 g/mol. The van der Waals surface area contributed by atoms with E-state index in [1.807, 2.05) is 24.4 Å². The molecule has 0 unspecified atom stereocenters. The van der Waals surface area contributed by atoms with Crippen molar-refractivity contribution in [2.45, 2.75) is 32.1 Å². The quantitative estimate of drug-likeness (QED) is 0.775. The lowest BCUT2D eigenvalue weighted by Gasteiger charge is -2.32. The fraction of sp³-hybridized carbons (Fsp3) is 0.588. The summed E-state index contributed by atoms with van der Waals surface area (Å²) in [6.07, 6.45) is 6.32. The number of piperidine rings is 1. The normalized spacial score (nSPS) is 15.3. The van der Waals surface area contributed by atoms with Crippen molar-refractivity contribution in [3.05, 3.63) is 24.4 Å². The van der Waals surface area contributed by atoms with E-state index in [-0.39, 0.29) is 18.5 Å². The van der Waals surface area contributed by atoms with Gasteiger partial charge in [-0.3, -0.25) is 9.59 Å². The van der Waals surface area contributed by atoms with Gasteiger partial charge in [0.05, 0.1) is 0 Å². The lowest BCUT2D eigenvalue weighted by atomic mass is 9.91. The van der Waals surface area contributed by atoms with Gasteiger partial charge in [0.25, 0.3) is 5.91 Å². The molecule has 0 atom stereocenters. The largest absolute Gasteiger partial charge is 0.456 e. The van der Waals surface area contributed by atoms with Crippen LogP contribution in [0.4, 0.5) is 5.82 Å². The monoisotopic (exact) mass is 319 g/mol. The minimum atomic E-state index is -0.292. The third kappa shape index (κ3) is 5.88. The number of ether oxygens (including phenoxy) is 1. The zero-order valence-electron chi connectivity index (χ0n) is 13.7. The summed E-state index contributed by atoms with van der Waals surface area (Å²) in [4.78, 5) is 29.2. The smallest absolute Gasteiger partial charge is 0.306 e. The van der Waals surface area contributed by atoms with Crippen molar-refractivity contribution in [2.24, 2.45) is 5.92 Å². The number of aromatic nitrogens is 1. The maximum absolute atomic E-state index is 11.5. The van der Waals surface area contributed by atoms with Gasteiger partial charge in [-0.05, 0) is 43.7 Å². The third-order valence-corrected chi connectivity index (χ3v) is 4.22. The Hall–Kier alpha value is -2.11. The van der Waals surface area contributed by atoms with Gasteiger partial charge in [0, 0.05) is 32.8 Å². The first-order chi connectivity index (χ1) is 11.2. The maximum atomic E-state index is 11.5. The highest BCUT2D eigenvalue weighted by molar-refractivity contribution is 5.80. The standard InChI is InChI=1S/C17H25N3O3/c1-18-16(21)13-23-17(22)7-4-5-14-8-11-20(12-9-14)15-6-2-3-10-19-15/h2-3,6,10,14H,4-5,7-9,11-13H2,1H3,(H,18,21). The number of anilines is 1. The van der Waals surface area contributed by atoms with Crippen LogP contribution in [0.2, 0.25) is 0 Å². The first-order valence-corrected chi connectivity index (χ1v) is 8.21. The van der Waals surface area contributed by atoms with Crippen molar-refractivity contribution >= 4 is 17.7 Å². The molecule has 6 nitrogen and oxygen atoms in total. The van der Waals surface area contributed by atoms with Crippen LogP contribution in [0.25, 0.3) is 0 Å². The van der Waals surface area contributed by atoms with Gasteiger partial charge in [-0.15, -0.1) is 0 Å². The minimum absolute atomic E-state index is 0.183. The fourth-order valence-corrected chi connectivity index (χ4v) is 2.82. The molecule has 23 heavy (non-hydrogen) atoms. The van der Waals surface area contributed by atoms with E-state index in [2.05, 4.69) is 15.2 Å². The van der Waals surface area contributed by atoms with Crippen molar-refractivity contribution in [1.82, 2.24) is 10.3 Å². The molecule has 0 spiro atoms. The Morgan fingerprint density at radius 1 is 1.35 bits per heavy atom. The summed E-state index contributed by atoms with van der Waals surface area (Å²) in [6, 6.07) is 5.99. The van der Waals surface area contributed by atoms with Crippen LogP contribution in [0.5, 0.6) is 0 Å². The maximum Gasteiger partial charge on any atom is 0.306 e. The van der Waals surface area contributed by atoms with Gasteiger partial charge < -0.3 is 15.0 Å². The number of esters is 1. The molecule has 1 saturated heterocycles. The van der Waals surface area contributed by atoms with Gasteiger partial charge in [-0.2, -0.15) is 0 Å². The van der Waals surface area contributed by atoms with Crippen molar-refractivity contribution in [3.63, 3.8) is 0 Å². The number of hydrogen-bond donors (Lipinski definition) is 1. The van der Waals surface area contributed by atoms with Crippen molar-refractivity contribution < 1.29 is 14.3 Å². The molecule has 1 aromatic rings. The molecule has 0 bridgehead atoms. The lowest BCUT2D eigenvalue weighted by molar-refractivity contribution is -0.148. The minimum Gasteiger partial charge on any atom is -0.456 e. The molecular formula is C17H25N3O3. The molecule has 1 fully saturated rings. The number of likely N-dealkylation sites (N-methyl/N-ethyl adjacent to an activating group) is 1. The van der Waals surface area contributed by atoms with Crippen molar-refractivity contribution in [3.8, 4) is 0 Å². The highest BCUT2D eigenvalue weighted by Crippen LogP contribution is 2.25. The van der Waals surface area contributed by atoms with Gasteiger partial charge in [0.1, 0.15) is 5.82 Å². The van der Waals surface area contributed by atoms with Crippen molar-refractivity contribution in [1.29, 1.82) is 0 Å². The van der Waals surface area contributed by atoms with E-state index in [4.69, 9.17) is 4.74 Å². The second kappa shape index (κ2) is 9.12. The fourth-order valence-electron chi connectivity index (χ4n) is 2.82. The molecule has 1 aliphatic rings. The molecule has 6 heteroatoms. The lowest BCUT2D eigenvalue weighted by Crippen LogP contribution is -2.34. The Morgan fingerprint density at radius 2 is 2.13 bits per heavy atom. The Balaban J connectivity index is 1.60. The zero-order valence-corrected chi connectivity index (χ0v) is 13.7. The van der Waals surface area contributed by atoms with E-state index in [1.165, 1.54) is 7.05 Å². The predicted molar refractivity (Wildman–Crippen MR) is 88.1 cm³/mol. The Kier molecular flexibility index (Phi) is 6.84.